The van der Waals surface area contributed by atoms with Gasteiger partial charge in [-0.25, -0.2) is 4.79 Å². The van der Waals surface area contributed by atoms with Crippen LogP contribution < -0.4 is 10.2 Å². The number of hydrogen-bond donors (Lipinski definition) is 2. The smallest absolute Gasteiger partial charge is 0.391 e. The number of aliphatic carboxylic acids is 1. The molecule has 1 aromatic rings. The van der Waals surface area contributed by atoms with Gasteiger partial charge in [0.25, 0.3) is 0 Å². The van der Waals surface area contributed by atoms with Gasteiger partial charge in [0.1, 0.15) is 6.04 Å². The Balaban J connectivity index is 2.04. The zero-order chi connectivity index (χ0) is 18.8. The number of amides is 2. The van der Waals surface area contributed by atoms with E-state index in [1.807, 2.05) is 12.2 Å². The largest absolute Gasteiger partial charge is 0.480 e. The second-order valence-corrected chi connectivity index (χ2v) is 5.96. The van der Waals surface area contributed by atoms with Crippen molar-refractivity contribution in [3.05, 3.63) is 29.8 Å². The molecule has 0 aromatic heterocycles. The van der Waals surface area contributed by atoms with Crippen LogP contribution in [0.5, 0.6) is 0 Å². The van der Waals surface area contributed by atoms with Crippen LogP contribution >= 0.6 is 0 Å². The number of anilines is 1. The molecule has 136 valence electrons. The standard InChI is InChI=1S/C16H17F3N2O4/c1-9-2-4-11(5-3-9)21-8-10(6-13(21)22)14(23)20-12(15(24)25)7-16(17,18)19/h2-5,10,12H,6-8H2,1H3,(H,20,23)(H,24,25). The molecule has 6 nitrogen and oxygen atoms in total. The van der Waals surface area contributed by atoms with Crippen molar-refractivity contribution in [2.75, 3.05) is 11.4 Å². The fraction of sp³-hybridized carbons (Fsp3) is 0.438. The van der Waals surface area contributed by atoms with E-state index >= 15 is 0 Å². The molecule has 1 aromatic carbocycles. The molecule has 2 atom stereocenters. The van der Waals surface area contributed by atoms with E-state index in [2.05, 4.69) is 0 Å². The number of carboxylic acid groups (broad SMARTS) is 1. The summed E-state index contributed by atoms with van der Waals surface area (Å²) in [6.07, 6.45) is -6.58. The van der Waals surface area contributed by atoms with Gasteiger partial charge in [-0.2, -0.15) is 13.2 Å². The molecule has 9 heteroatoms. The summed E-state index contributed by atoms with van der Waals surface area (Å²) in [5, 5.41) is 10.7. The predicted molar refractivity (Wildman–Crippen MR) is 81.9 cm³/mol. The second kappa shape index (κ2) is 7.12. The van der Waals surface area contributed by atoms with Gasteiger partial charge >= 0.3 is 12.1 Å². The molecule has 1 saturated heterocycles. The summed E-state index contributed by atoms with van der Waals surface area (Å²) in [5.41, 5.74) is 1.57. The maximum Gasteiger partial charge on any atom is 0.391 e. The lowest BCUT2D eigenvalue weighted by Crippen LogP contribution is -2.46. The summed E-state index contributed by atoms with van der Waals surface area (Å²) < 4.78 is 37.2. The first-order chi connectivity index (χ1) is 11.6. The zero-order valence-corrected chi connectivity index (χ0v) is 13.3. The monoisotopic (exact) mass is 358 g/mol. The van der Waals surface area contributed by atoms with Crippen molar-refractivity contribution >= 4 is 23.5 Å². The first-order valence-electron chi connectivity index (χ1n) is 7.54. The summed E-state index contributed by atoms with van der Waals surface area (Å²) in [4.78, 5) is 36.5. The van der Waals surface area contributed by atoms with E-state index in [0.29, 0.717) is 5.69 Å². The minimum absolute atomic E-state index is 0.00785. The molecule has 1 heterocycles. The SMILES string of the molecule is Cc1ccc(N2CC(C(=O)NC(CC(F)(F)F)C(=O)O)CC2=O)cc1. The third-order valence-corrected chi connectivity index (χ3v) is 3.89. The lowest BCUT2D eigenvalue weighted by atomic mass is 10.1. The Bertz CT molecular complexity index is 673. The second-order valence-electron chi connectivity index (χ2n) is 5.96. The molecule has 0 aliphatic carbocycles. The van der Waals surface area contributed by atoms with E-state index < -0.39 is 36.4 Å². The van der Waals surface area contributed by atoms with Crippen LogP contribution in [-0.4, -0.2) is 41.7 Å². The molecule has 1 fully saturated rings. The Morgan fingerprint density at radius 3 is 2.44 bits per heavy atom. The van der Waals surface area contributed by atoms with E-state index in [1.165, 1.54) is 4.90 Å². The number of carbonyl (C=O) groups is 3. The van der Waals surface area contributed by atoms with Gasteiger partial charge in [-0.15, -0.1) is 0 Å². The third-order valence-electron chi connectivity index (χ3n) is 3.89. The van der Waals surface area contributed by atoms with Crippen LogP contribution in [0.15, 0.2) is 24.3 Å². The number of benzene rings is 1. The molecule has 2 unspecified atom stereocenters. The first kappa shape index (κ1) is 18.8. The van der Waals surface area contributed by atoms with Gasteiger partial charge in [0.05, 0.1) is 12.3 Å². The highest BCUT2D eigenvalue weighted by Crippen LogP contribution is 2.26. The molecule has 2 amide bonds. The van der Waals surface area contributed by atoms with Crippen LogP contribution in [0.25, 0.3) is 0 Å². The molecule has 25 heavy (non-hydrogen) atoms. The highest BCUT2D eigenvalue weighted by Gasteiger charge is 2.40. The summed E-state index contributed by atoms with van der Waals surface area (Å²) in [6.45, 7) is 1.87. The van der Waals surface area contributed by atoms with Gasteiger partial charge in [-0.1, -0.05) is 17.7 Å². The average molecular weight is 358 g/mol. The first-order valence-corrected chi connectivity index (χ1v) is 7.54. The molecule has 0 bridgehead atoms. The molecule has 1 aliphatic rings. The Morgan fingerprint density at radius 1 is 1.32 bits per heavy atom. The van der Waals surface area contributed by atoms with Gasteiger partial charge in [-0.3, -0.25) is 9.59 Å². The molecular weight excluding hydrogens is 341 g/mol. The minimum atomic E-state index is -4.73. The van der Waals surface area contributed by atoms with Gasteiger partial charge in [0.15, 0.2) is 0 Å². The van der Waals surface area contributed by atoms with Crippen LogP contribution in [0.4, 0.5) is 18.9 Å². The molecule has 2 rings (SSSR count). The van der Waals surface area contributed by atoms with Crippen LogP contribution in [0.2, 0.25) is 0 Å². The van der Waals surface area contributed by atoms with Crippen molar-refractivity contribution in [3.8, 4) is 0 Å². The number of halogens is 3. The number of aryl methyl sites for hydroxylation is 1. The summed E-state index contributed by atoms with van der Waals surface area (Å²) in [6, 6.07) is 4.92. The summed E-state index contributed by atoms with van der Waals surface area (Å²) in [5.74, 6) is -3.89. The number of hydrogen-bond acceptors (Lipinski definition) is 3. The number of nitrogens with one attached hydrogen (secondary N) is 1. The molecular formula is C16H17F3N2O4. The number of carboxylic acids is 1. The van der Waals surface area contributed by atoms with E-state index in [0.717, 1.165) is 5.56 Å². The van der Waals surface area contributed by atoms with Crippen LogP contribution in [-0.2, 0) is 14.4 Å². The third kappa shape index (κ3) is 4.94. The Labute approximate surface area is 141 Å². The zero-order valence-electron chi connectivity index (χ0n) is 13.3. The van der Waals surface area contributed by atoms with Crippen molar-refractivity contribution in [1.29, 1.82) is 0 Å². The van der Waals surface area contributed by atoms with Crippen molar-refractivity contribution < 1.29 is 32.7 Å². The molecule has 0 radical (unpaired) electrons. The van der Waals surface area contributed by atoms with Gasteiger partial charge < -0.3 is 15.3 Å². The lowest BCUT2D eigenvalue weighted by Gasteiger charge is -2.19. The highest BCUT2D eigenvalue weighted by atomic mass is 19.4. The molecule has 0 spiro atoms. The van der Waals surface area contributed by atoms with Gasteiger partial charge in [0, 0.05) is 18.7 Å². The predicted octanol–water partition coefficient (Wildman–Crippen LogP) is 1.87. The Kier molecular flexibility index (Phi) is 5.34. The number of nitrogens with zero attached hydrogens (tertiary/aromatic N) is 1. The van der Waals surface area contributed by atoms with Crippen LogP contribution in [0.1, 0.15) is 18.4 Å². The maximum atomic E-state index is 12.4. The van der Waals surface area contributed by atoms with Crippen molar-refractivity contribution in [3.63, 3.8) is 0 Å². The summed E-state index contributed by atoms with van der Waals surface area (Å²) >= 11 is 0. The highest BCUT2D eigenvalue weighted by molar-refractivity contribution is 6.00. The fourth-order valence-corrected chi connectivity index (χ4v) is 2.58. The summed E-state index contributed by atoms with van der Waals surface area (Å²) in [7, 11) is 0. The quantitative estimate of drug-likeness (QED) is 0.841. The fourth-order valence-electron chi connectivity index (χ4n) is 2.58. The maximum absolute atomic E-state index is 12.4. The van der Waals surface area contributed by atoms with E-state index in [9.17, 15) is 27.6 Å². The van der Waals surface area contributed by atoms with E-state index in [1.54, 1.807) is 24.3 Å². The van der Waals surface area contributed by atoms with Gasteiger partial charge in [0.2, 0.25) is 11.8 Å². The van der Waals surface area contributed by atoms with E-state index in [4.69, 9.17) is 5.11 Å². The van der Waals surface area contributed by atoms with Crippen molar-refractivity contribution in [1.82, 2.24) is 5.32 Å². The van der Waals surface area contributed by atoms with E-state index in [-0.39, 0.29) is 18.9 Å². The Hall–Kier alpha value is -2.58. The normalized spacial score (nSPS) is 19.0. The number of carbonyl (C=O) groups excluding carboxylic acids is 2. The van der Waals surface area contributed by atoms with Crippen LogP contribution in [0, 0.1) is 12.8 Å². The van der Waals surface area contributed by atoms with Crippen LogP contribution in [0.3, 0.4) is 0 Å². The average Bonchev–Trinajstić information content (AvgIpc) is 2.88. The molecule has 2 N–H and O–H groups in total. The molecule has 1 aliphatic heterocycles. The van der Waals surface area contributed by atoms with Crippen molar-refractivity contribution in [2.24, 2.45) is 5.92 Å². The molecule has 0 saturated carbocycles. The lowest BCUT2D eigenvalue weighted by molar-refractivity contribution is -0.160. The number of rotatable bonds is 5. The Morgan fingerprint density at radius 2 is 1.92 bits per heavy atom. The topological polar surface area (TPSA) is 86.7 Å². The van der Waals surface area contributed by atoms with Crippen molar-refractivity contribution in [2.45, 2.75) is 32.0 Å². The van der Waals surface area contributed by atoms with Gasteiger partial charge in [-0.05, 0) is 19.1 Å². The number of alkyl halides is 3. The minimum Gasteiger partial charge on any atom is -0.480 e.